The van der Waals surface area contributed by atoms with E-state index < -0.39 is 0 Å². The minimum atomic E-state index is 0.00444. The topological polar surface area (TPSA) is 56.8 Å². The molecule has 0 radical (unpaired) electrons. The summed E-state index contributed by atoms with van der Waals surface area (Å²) in [4.78, 5) is 36.8. The highest BCUT2D eigenvalue weighted by atomic mass is 32.2. The van der Waals surface area contributed by atoms with E-state index in [1.165, 1.54) is 0 Å². The van der Waals surface area contributed by atoms with Gasteiger partial charge in [0.25, 0.3) is 0 Å². The number of para-hydroxylation sites is 1. The number of likely N-dealkylation sites (N-methyl/N-ethyl adjacent to an activating group) is 1. The Balaban J connectivity index is 1.28. The Morgan fingerprint density at radius 2 is 1.93 bits per heavy atom. The zero-order chi connectivity index (χ0) is 20.9. The van der Waals surface area contributed by atoms with Crippen molar-refractivity contribution in [1.29, 1.82) is 0 Å². The number of thioether (sulfide) groups is 1. The van der Waals surface area contributed by atoms with Crippen LogP contribution in [0.15, 0.2) is 53.6 Å². The van der Waals surface area contributed by atoms with Gasteiger partial charge in [0.1, 0.15) is 6.54 Å². The first-order valence-electron chi connectivity index (χ1n) is 10.5. The van der Waals surface area contributed by atoms with Crippen LogP contribution in [0.5, 0.6) is 0 Å². The number of hydrogen-bond donors (Lipinski definition) is 0. The molecule has 2 amide bonds. The molecule has 0 saturated carbocycles. The number of amides is 2. The lowest BCUT2D eigenvalue weighted by Crippen LogP contribution is -2.50. The predicted molar refractivity (Wildman–Crippen MR) is 120 cm³/mol. The molecule has 2 aliphatic heterocycles. The zero-order valence-corrected chi connectivity index (χ0v) is 18.2. The highest BCUT2D eigenvalue weighted by Crippen LogP contribution is 2.34. The molecule has 4 rings (SSSR count). The summed E-state index contributed by atoms with van der Waals surface area (Å²) in [6.07, 6.45) is 4.72. The van der Waals surface area contributed by atoms with Crippen molar-refractivity contribution in [2.24, 2.45) is 0 Å². The van der Waals surface area contributed by atoms with Crippen molar-refractivity contribution >= 4 is 29.3 Å². The van der Waals surface area contributed by atoms with Gasteiger partial charge in [0.15, 0.2) is 0 Å². The number of benzene rings is 1. The average Bonchev–Trinajstić information content (AvgIpc) is 2.80. The molecule has 1 aromatic carbocycles. The fourth-order valence-electron chi connectivity index (χ4n) is 4.13. The number of likely N-dealkylation sites (tertiary alicyclic amines) is 1. The quantitative estimate of drug-likeness (QED) is 0.714. The maximum absolute atomic E-state index is 13.0. The highest BCUT2D eigenvalue weighted by Gasteiger charge is 2.30. The maximum atomic E-state index is 13.0. The van der Waals surface area contributed by atoms with Crippen LogP contribution in [0.25, 0.3) is 0 Å². The van der Waals surface area contributed by atoms with Crippen molar-refractivity contribution in [3.63, 3.8) is 0 Å². The SMILES string of the molecule is CN(C(=O)CN1C(=O)CSc2ccccc21)C1CCN(CCc2ccccn2)CC1. The number of fused-ring (bicyclic) bond motifs is 1. The Hall–Kier alpha value is -2.38. The molecule has 2 aliphatic rings. The Morgan fingerprint density at radius 1 is 1.17 bits per heavy atom. The maximum Gasteiger partial charge on any atom is 0.242 e. The molecule has 1 aromatic heterocycles. The molecular formula is C23H28N4O2S. The Morgan fingerprint density at radius 3 is 2.70 bits per heavy atom. The van der Waals surface area contributed by atoms with Crippen molar-refractivity contribution < 1.29 is 9.59 Å². The minimum Gasteiger partial charge on any atom is -0.341 e. The summed E-state index contributed by atoms with van der Waals surface area (Å²) < 4.78 is 0. The van der Waals surface area contributed by atoms with Gasteiger partial charge in [-0.3, -0.25) is 14.6 Å². The van der Waals surface area contributed by atoms with Crippen LogP contribution in [-0.2, 0) is 16.0 Å². The van der Waals surface area contributed by atoms with Crippen molar-refractivity contribution in [1.82, 2.24) is 14.8 Å². The van der Waals surface area contributed by atoms with Gasteiger partial charge in [-0.25, -0.2) is 0 Å². The minimum absolute atomic E-state index is 0.00444. The molecule has 0 unspecified atom stereocenters. The third kappa shape index (κ3) is 4.84. The first-order valence-corrected chi connectivity index (χ1v) is 11.5. The van der Waals surface area contributed by atoms with E-state index >= 15 is 0 Å². The van der Waals surface area contributed by atoms with Gasteiger partial charge in [0.2, 0.25) is 11.8 Å². The van der Waals surface area contributed by atoms with Crippen molar-refractivity contribution in [2.75, 3.05) is 43.9 Å². The molecule has 0 aliphatic carbocycles. The Labute approximate surface area is 182 Å². The molecule has 2 aromatic rings. The van der Waals surface area contributed by atoms with Gasteiger partial charge < -0.3 is 14.7 Å². The molecule has 30 heavy (non-hydrogen) atoms. The van der Waals surface area contributed by atoms with Gasteiger partial charge in [0.05, 0.1) is 11.4 Å². The van der Waals surface area contributed by atoms with Crippen LogP contribution in [0, 0.1) is 0 Å². The van der Waals surface area contributed by atoms with Crippen LogP contribution in [0.4, 0.5) is 5.69 Å². The number of rotatable bonds is 6. The van der Waals surface area contributed by atoms with Crippen molar-refractivity contribution in [3.05, 3.63) is 54.4 Å². The van der Waals surface area contributed by atoms with Crippen LogP contribution in [0.2, 0.25) is 0 Å². The van der Waals surface area contributed by atoms with Crippen LogP contribution in [-0.4, -0.2) is 71.6 Å². The van der Waals surface area contributed by atoms with Gasteiger partial charge in [-0.2, -0.15) is 0 Å². The van der Waals surface area contributed by atoms with Crippen LogP contribution >= 0.6 is 11.8 Å². The molecular weight excluding hydrogens is 396 g/mol. The number of aromatic nitrogens is 1. The number of carbonyl (C=O) groups is 2. The second kappa shape index (κ2) is 9.62. The van der Waals surface area contributed by atoms with Gasteiger partial charge in [-0.05, 0) is 37.1 Å². The van der Waals surface area contributed by atoms with Gasteiger partial charge >= 0.3 is 0 Å². The van der Waals surface area contributed by atoms with Crippen molar-refractivity contribution in [3.8, 4) is 0 Å². The molecule has 158 valence electrons. The van der Waals surface area contributed by atoms with E-state index in [1.54, 1.807) is 16.7 Å². The molecule has 0 bridgehead atoms. The standard InChI is InChI=1S/C23H28N4O2S/c1-25(19-10-14-26(15-11-19)13-9-18-6-4-5-12-24-18)22(28)16-27-20-7-2-3-8-21(20)30-17-23(27)29/h2-8,12,19H,9-11,13-17H2,1H3. The van der Waals surface area contributed by atoms with E-state index in [2.05, 4.69) is 16.0 Å². The molecule has 3 heterocycles. The number of hydrogen-bond acceptors (Lipinski definition) is 5. The summed E-state index contributed by atoms with van der Waals surface area (Å²) in [7, 11) is 1.88. The van der Waals surface area contributed by atoms with Crippen LogP contribution in [0.1, 0.15) is 18.5 Å². The number of carbonyl (C=O) groups excluding carboxylic acids is 2. The highest BCUT2D eigenvalue weighted by molar-refractivity contribution is 8.00. The van der Waals surface area contributed by atoms with E-state index in [-0.39, 0.29) is 24.4 Å². The Kier molecular flexibility index (Phi) is 6.69. The van der Waals surface area contributed by atoms with E-state index in [1.807, 2.05) is 54.5 Å². The summed E-state index contributed by atoms with van der Waals surface area (Å²) in [5.74, 6) is 0.407. The van der Waals surface area contributed by atoms with E-state index in [0.717, 1.165) is 55.2 Å². The zero-order valence-electron chi connectivity index (χ0n) is 17.4. The average molecular weight is 425 g/mol. The summed E-state index contributed by atoms with van der Waals surface area (Å²) in [5, 5.41) is 0. The van der Waals surface area contributed by atoms with Crippen molar-refractivity contribution in [2.45, 2.75) is 30.2 Å². The monoisotopic (exact) mass is 424 g/mol. The first kappa shape index (κ1) is 20.9. The molecule has 0 N–H and O–H groups in total. The molecule has 1 saturated heterocycles. The number of anilines is 1. The summed E-state index contributed by atoms with van der Waals surface area (Å²) in [6, 6.07) is 14.1. The summed E-state index contributed by atoms with van der Waals surface area (Å²) in [5.41, 5.74) is 1.97. The summed E-state index contributed by atoms with van der Waals surface area (Å²) >= 11 is 1.54. The molecule has 1 fully saturated rings. The Bertz CT molecular complexity index is 884. The lowest BCUT2D eigenvalue weighted by molar-refractivity contribution is -0.132. The predicted octanol–water partition coefficient (Wildman–Crippen LogP) is 2.69. The molecule has 0 atom stereocenters. The summed E-state index contributed by atoms with van der Waals surface area (Å²) in [6.45, 7) is 3.08. The first-order chi connectivity index (χ1) is 14.6. The second-order valence-corrected chi connectivity index (χ2v) is 8.90. The third-order valence-corrected chi connectivity index (χ3v) is 7.06. The molecule has 6 nitrogen and oxygen atoms in total. The largest absolute Gasteiger partial charge is 0.341 e. The van der Waals surface area contributed by atoms with Gasteiger partial charge in [0, 0.05) is 55.9 Å². The molecule has 7 heteroatoms. The van der Waals surface area contributed by atoms with Gasteiger partial charge in [-0.15, -0.1) is 11.8 Å². The number of nitrogens with zero attached hydrogens (tertiary/aromatic N) is 4. The fraction of sp³-hybridized carbons (Fsp3) is 0.435. The number of piperidine rings is 1. The second-order valence-electron chi connectivity index (χ2n) is 7.88. The van der Waals surface area contributed by atoms with E-state index in [4.69, 9.17) is 0 Å². The normalized spacial score (nSPS) is 17.6. The van der Waals surface area contributed by atoms with E-state index in [0.29, 0.717) is 5.75 Å². The lowest BCUT2D eigenvalue weighted by atomic mass is 10.0. The molecule has 0 spiro atoms. The van der Waals surface area contributed by atoms with Crippen LogP contribution in [0.3, 0.4) is 0 Å². The van der Waals surface area contributed by atoms with E-state index in [9.17, 15) is 9.59 Å². The fourth-order valence-corrected chi connectivity index (χ4v) is 5.06. The van der Waals surface area contributed by atoms with Crippen LogP contribution < -0.4 is 4.90 Å². The third-order valence-electron chi connectivity index (χ3n) is 6.01. The lowest BCUT2D eigenvalue weighted by Gasteiger charge is -2.38. The van der Waals surface area contributed by atoms with Gasteiger partial charge in [-0.1, -0.05) is 18.2 Å². The smallest absolute Gasteiger partial charge is 0.242 e. The number of pyridine rings is 1.